The molecular weight excluding hydrogens is 959 g/mol. The van der Waals surface area contributed by atoms with Gasteiger partial charge in [0.2, 0.25) is 5.91 Å². The fourth-order valence-electron chi connectivity index (χ4n) is 9.82. The second kappa shape index (κ2) is 24.2. The number of nitrogens with one attached hydrogen (secondary N) is 2. The molecule has 3 aromatic rings. The summed E-state index contributed by atoms with van der Waals surface area (Å²) in [6.07, 6.45) is -3.87. The van der Waals surface area contributed by atoms with E-state index in [2.05, 4.69) is 36.5 Å². The van der Waals surface area contributed by atoms with Crippen LogP contribution in [0.25, 0.3) is 39.3 Å². The van der Waals surface area contributed by atoms with Crippen LogP contribution in [-0.2, 0) is 84.3 Å². The second-order valence-corrected chi connectivity index (χ2v) is 18.6. The molecule has 3 aliphatic heterocycles. The number of amides is 1. The van der Waals surface area contributed by atoms with Gasteiger partial charge in [0, 0.05) is 98.4 Å². The molecule has 20 heteroatoms. The molecule has 398 valence electrons. The summed E-state index contributed by atoms with van der Waals surface area (Å²) in [5, 5.41) is 0. The number of rotatable bonds is 18. The molecular formula is C54H67N5O15. The van der Waals surface area contributed by atoms with Crippen molar-refractivity contribution in [2.24, 2.45) is 0 Å². The van der Waals surface area contributed by atoms with Crippen LogP contribution < -0.4 is 0 Å². The first kappa shape index (κ1) is 56.1. The van der Waals surface area contributed by atoms with Crippen LogP contribution in [-0.4, -0.2) is 138 Å². The summed E-state index contributed by atoms with van der Waals surface area (Å²) in [7, 11) is 4.22. The van der Waals surface area contributed by atoms with Crippen molar-refractivity contribution in [3.05, 3.63) is 75.4 Å². The van der Waals surface area contributed by atoms with Crippen molar-refractivity contribution >= 4 is 81.0 Å². The first-order chi connectivity index (χ1) is 35.1. The topological polar surface area (TPSA) is 254 Å². The van der Waals surface area contributed by atoms with E-state index < -0.39 is 79.0 Å². The van der Waals surface area contributed by atoms with Crippen molar-refractivity contribution in [1.29, 1.82) is 0 Å². The number of allylic oxidation sites excluding steroid dienone is 1. The monoisotopic (exact) mass is 1030 g/mol. The zero-order valence-electron chi connectivity index (χ0n) is 44.2. The second-order valence-electron chi connectivity index (χ2n) is 18.6. The lowest BCUT2D eigenvalue weighted by atomic mass is 9.84. The van der Waals surface area contributed by atoms with Crippen LogP contribution in [0, 0.1) is 13.8 Å². The molecule has 6 rings (SSSR count). The average molecular weight is 1030 g/mol. The maximum atomic E-state index is 14.1. The molecule has 1 saturated heterocycles. The third-order valence-electron chi connectivity index (χ3n) is 13.6. The Hall–Kier alpha value is -7.19. The van der Waals surface area contributed by atoms with Gasteiger partial charge in [0.1, 0.15) is 12.7 Å². The van der Waals surface area contributed by atoms with E-state index >= 15 is 0 Å². The molecule has 20 nitrogen and oxygen atoms in total. The van der Waals surface area contributed by atoms with Crippen molar-refractivity contribution < 1.29 is 71.5 Å². The van der Waals surface area contributed by atoms with Crippen molar-refractivity contribution in [3.8, 4) is 0 Å². The fraction of sp³-hybridized carbons (Fsp3) is 0.500. The number of aryl methyl sites for hydroxylation is 3. The molecule has 8 bridgehead atoms. The van der Waals surface area contributed by atoms with Crippen molar-refractivity contribution in [2.75, 3.05) is 41.0 Å². The van der Waals surface area contributed by atoms with Gasteiger partial charge in [0.15, 0.2) is 24.6 Å². The van der Waals surface area contributed by atoms with E-state index in [9.17, 15) is 33.6 Å². The molecule has 0 spiro atoms. The number of ether oxygens (including phenoxy) is 8. The maximum absolute atomic E-state index is 14.1. The highest BCUT2D eigenvalue weighted by Gasteiger charge is 2.53. The number of aromatic amines is 2. The zero-order chi connectivity index (χ0) is 54.3. The minimum absolute atomic E-state index is 0.0502. The van der Waals surface area contributed by atoms with Gasteiger partial charge in [-0.05, 0) is 80.5 Å². The molecule has 7 atom stereocenters. The van der Waals surface area contributed by atoms with Gasteiger partial charge in [-0.1, -0.05) is 26.5 Å². The number of methoxy groups -OCH3 is 2. The highest BCUT2D eigenvalue weighted by molar-refractivity contribution is 6.25. The molecule has 6 heterocycles. The Morgan fingerprint density at radius 1 is 0.797 bits per heavy atom. The SMILES string of the molecule is C=Cc1c(C)c2cc3nc(c(CC(=O)OC)c4nc(cc5[nH]c(cc1[nH]2)c(C)c5CC)C(C)=C4C(=O)OC)[C@@H](CCC(=O)N(C)CCCO[C@@H]1O[C@H](COC(C)=O)[C@@H](OC(C)=O)[C@H](OC(C)=O)[C@H]1OC(C)=O)[C@@H]3C. The molecule has 2 N–H and O–H groups in total. The predicted molar refractivity (Wildman–Crippen MR) is 271 cm³/mol. The number of carbonyl (C=O) groups excluding carboxylic acids is 7. The van der Waals surface area contributed by atoms with Gasteiger partial charge < -0.3 is 52.8 Å². The molecule has 0 aromatic carbocycles. The van der Waals surface area contributed by atoms with E-state index in [4.69, 9.17) is 47.9 Å². The lowest BCUT2D eigenvalue weighted by molar-refractivity contribution is -0.308. The zero-order valence-corrected chi connectivity index (χ0v) is 44.2. The number of esters is 6. The summed E-state index contributed by atoms with van der Waals surface area (Å²) >= 11 is 0. The normalized spacial score (nSPS) is 20.3. The molecule has 3 aliphatic rings. The lowest BCUT2D eigenvalue weighted by Crippen LogP contribution is -2.63. The molecule has 0 unspecified atom stereocenters. The first-order valence-corrected chi connectivity index (χ1v) is 24.5. The highest BCUT2D eigenvalue weighted by Crippen LogP contribution is 2.44. The Morgan fingerprint density at radius 3 is 2.07 bits per heavy atom. The van der Waals surface area contributed by atoms with Gasteiger partial charge >= 0.3 is 35.8 Å². The largest absolute Gasteiger partial charge is 0.469 e. The molecule has 0 saturated carbocycles. The summed E-state index contributed by atoms with van der Waals surface area (Å²) in [5.41, 5.74) is 10.3. The standard InChI is InChI=1S/C54H67N5O15/c1-14-34-26(3)38-22-40-28(5)36(17-18-45(64)59(11)19-16-20-69-54-52(73-33(10)63)51(72-32(9)62)50(71-31(8)61)44(74-54)25-70-30(7)60)48(57-40)37(21-46(65)67-12)49-47(53(66)68-13)29(6)41(58-49)24-43-35(15-2)27(4)39(56-43)23-42(34)55-38/h14,22-24,28,36,44,50-52,54-56H,1,15-21,25H2,2-13H3/t28-,36-,44+,50+,51-,52+,54+/m0/s1. The first-order valence-electron chi connectivity index (χ1n) is 24.5. The van der Waals surface area contributed by atoms with Gasteiger partial charge in [-0.3, -0.25) is 33.8 Å². The van der Waals surface area contributed by atoms with E-state index in [1.807, 2.05) is 32.1 Å². The Balaban J connectivity index is 1.34. The number of hydrogen-bond donors (Lipinski definition) is 2. The molecule has 1 amide bonds. The van der Waals surface area contributed by atoms with E-state index in [1.54, 1.807) is 18.9 Å². The fourth-order valence-corrected chi connectivity index (χ4v) is 9.82. The molecule has 3 aromatic heterocycles. The van der Waals surface area contributed by atoms with E-state index in [1.165, 1.54) is 21.1 Å². The minimum atomic E-state index is -1.40. The number of fused-ring (bicyclic) bond motifs is 8. The summed E-state index contributed by atoms with van der Waals surface area (Å²) < 4.78 is 44.3. The molecule has 1 fully saturated rings. The number of H-pyrrole nitrogens is 2. The van der Waals surface area contributed by atoms with Crippen LogP contribution in [0.5, 0.6) is 0 Å². The van der Waals surface area contributed by atoms with Crippen LogP contribution in [0.2, 0.25) is 0 Å². The maximum Gasteiger partial charge on any atom is 0.340 e. The van der Waals surface area contributed by atoms with Crippen LogP contribution >= 0.6 is 0 Å². The number of hydrogen-bond acceptors (Lipinski definition) is 17. The third kappa shape index (κ3) is 12.4. The van der Waals surface area contributed by atoms with E-state index in [0.717, 1.165) is 65.1 Å². The van der Waals surface area contributed by atoms with E-state index in [-0.39, 0.29) is 61.9 Å². The van der Waals surface area contributed by atoms with Gasteiger partial charge in [-0.15, -0.1) is 0 Å². The minimum Gasteiger partial charge on any atom is -0.469 e. The van der Waals surface area contributed by atoms with Crippen LogP contribution in [0.1, 0.15) is 130 Å². The lowest BCUT2D eigenvalue weighted by Gasteiger charge is -2.44. The number of nitrogens with zero attached hydrogens (tertiary/aromatic N) is 3. The van der Waals surface area contributed by atoms with Crippen molar-refractivity contribution in [3.63, 3.8) is 0 Å². The average Bonchev–Trinajstić information content (AvgIpc) is 4.03. The molecule has 0 radical (unpaired) electrons. The number of carbonyl (C=O) groups is 7. The summed E-state index contributed by atoms with van der Waals surface area (Å²) in [6, 6.07) is 5.93. The van der Waals surface area contributed by atoms with E-state index in [0.29, 0.717) is 34.6 Å². The smallest absolute Gasteiger partial charge is 0.340 e. The van der Waals surface area contributed by atoms with Crippen molar-refractivity contribution in [1.82, 2.24) is 24.8 Å². The van der Waals surface area contributed by atoms with Gasteiger partial charge in [-0.2, -0.15) is 0 Å². The molecule has 0 aliphatic carbocycles. The van der Waals surface area contributed by atoms with Crippen molar-refractivity contribution in [2.45, 2.75) is 137 Å². The third-order valence-corrected chi connectivity index (χ3v) is 13.6. The summed E-state index contributed by atoms with van der Waals surface area (Å²) in [5.74, 6) is -5.15. The van der Waals surface area contributed by atoms with Gasteiger partial charge in [0.05, 0.1) is 49.9 Å². The predicted octanol–water partition coefficient (Wildman–Crippen LogP) is 6.57. The Labute approximate surface area is 429 Å². The summed E-state index contributed by atoms with van der Waals surface area (Å²) in [6.45, 7) is 18.4. The van der Waals surface area contributed by atoms with Gasteiger partial charge in [0.25, 0.3) is 0 Å². The Bertz CT molecular complexity index is 2920. The quantitative estimate of drug-likeness (QED) is 0.0776. The Kier molecular flexibility index (Phi) is 18.4. The van der Waals surface area contributed by atoms with Gasteiger partial charge in [-0.25, -0.2) is 9.78 Å². The summed E-state index contributed by atoms with van der Waals surface area (Å²) in [4.78, 5) is 109. The van der Waals surface area contributed by atoms with Crippen LogP contribution in [0.4, 0.5) is 0 Å². The van der Waals surface area contributed by atoms with Crippen LogP contribution in [0.3, 0.4) is 0 Å². The Morgan fingerprint density at radius 2 is 1.45 bits per heavy atom. The van der Waals surface area contributed by atoms with Crippen LogP contribution in [0.15, 0.2) is 24.8 Å². The number of aromatic nitrogens is 4. The highest BCUT2D eigenvalue weighted by atomic mass is 16.7. The molecule has 74 heavy (non-hydrogen) atoms.